The van der Waals surface area contributed by atoms with Crippen LogP contribution in [0.4, 0.5) is 13.2 Å². The summed E-state index contributed by atoms with van der Waals surface area (Å²) in [6.45, 7) is 1.09. The van der Waals surface area contributed by atoms with E-state index in [0.29, 0.717) is 30.7 Å². The average Bonchev–Trinajstić information content (AvgIpc) is 2.84. The Kier molecular flexibility index (Phi) is 5.81. The fraction of sp³-hybridized carbons (Fsp3) is 0.667. The number of carbonyl (C=O) groups is 1. The third-order valence-corrected chi connectivity index (χ3v) is 3.78. The lowest BCUT2D eigenvalue weighted by Gasteiger charge is -2.35. The van der Waals surface area contributed by atoms with Crippen molar-refractivity contribution >= 4 is 21.8 Å². The van der Waals surface area contributed by atoms with Gasteiger partial charge in [-0.05, 0) is 15.9 Å². The van der Waals surface area contributed by atoms with E-state index in [9.17, 15) is 18.0 Å². The number of carbonyl (C=O) groups excluding carboxylic acids is 1. The van der Waals surface area contributed by atoms with Crippen molar-refractivity contribution in [1.82, 2.24) is 25.3 Å². The molecule has 1 saturated heterocycles. The lowest BCUT2D eigenvalue weighted by Crippen LogP contribution is -2.57. The zero-order chi connectivity index (χ0) is 16.2. The van der Waals surface area contributed by atoms with Crippen LogP contribution in [0.1, 0.15) is 0 Å². The molecule has 1 amide bonds. The fourth-order valence-corrected chi connectivity index (χ4v) is 2.61. The number of piperazine rings is 1. The van der Waals surface area contributed by atoms with E-state index in [1.54, 1.807) is 6.20 Å². The van der Waals surface area contributed by atoms with Crippen LogP contribution in [0.15, 0.2) is 16.9 Å². The third kappa shape index (κ3) is 4.96. The van der Waals surface area contributed by atoms with Gasteiger partial charge in [0, 0.05) is 38.9 Å². The van der Waals surface area contributed by atoms with E-state index in [1.807, 2.05) is 0 Å². The third-order valence-electron chi connectivity index (χ3n) is 3.37. The highest BCUT2D eigenvalue weighted by atomic mass is 79.9. The highest BCUT2D eigenvalue weighted by Crippen LogP contribution is 2.24. The second-order valence-electron chi connectivity index (χ2n) is 5.00. The van der Waals surface area contributed by atoms with E-state index >= 15 is 0 Å². The molecule has 0 bridgehead atoms. The SMILES string of the molecule is O=C(Cn1cc(Br)cn1)NCC(N1CCNCC1)C(F)(F)F. The molecule has 2 rings (SSSR count). The number of halogens is 4. The van der Waals surface area contributed by atoms with Crippen LogP contribution < -0.4 is 10.6 Å². The first-order valence-corrected chi connectivity index (χ1v) is 7.61. The minimum Gasteiger partial charge on any atom is -0.353 e. The summed E-state index contributed by atoms with van der Waals surface area (Å²) in [4.78, 5) is 13.1. The van der Waals surface area contributed by atoms with Gasteiger partial charge in [-0.15, -0.1) is 0 Å². The van der Waals surface area contributed by atoms with E-state index in [4.69, 9.17) is 0 Å². The number of nitrogens with one attached hydrogen (secondary N) is 2. The van der Waals surface area contributed by atoms with Gasteiger partial charge in [-0.1, -0.05) is 0 Å². The second-order valence-corrected chi connectivity index (χ2v) is 5.92. The van der Waals surface area contributed by atoms with Crippen molar-refractivity contribution in [3.63, 3.8) is 0 Å². The molecule has 0 spiro atoms. The van der Waals surface area contributed by atoms with Gasteiger partial charge in [0.15, 0.2) is 0 Å². The summed E-state index contributed by atoms with van der Waals surface area (Å²) in [7, 11) is 0. The summed E-state index contributed by atoms with van der Waals surface area (Å²) >= 11 is 3.19. The van der Waals surface area contributed by atoms with Gasteiger partial charge in [-0.3, -0.25) is 14.4 Å². The number of hydrogen-bond donors (Lipinski definition) is 2. The number of rotatable bonds is 5. The van der Waals surface area contributed by atoms with E-state index in [2.05, 4.69) is 31.7 Å². The van der Waals surface area contributed by atoms with Gasteiger partial charge in [-0.25, -0.2) is 0 Å². The van der Waals surface area contributed by atoms with Gasteiger partial charge in [0.05, 0.1) is 10.7 Å². The Bertz CT molecular complexity index is 501. The van der Waals surface area contributed by atoms with Gasteiger partial charge >= 0.3 is 6.18 Å². The summed E-state index contributed by atoms with van der Waals surface area (Å²) in [6, 6.07) is -1.66. The molecule has 1 aromatic rings. The summed E-state index contributed by atoms with van der Waals surface area (Å²) in [5.74, 6) is -0.500. The molecule has 0 aliphatic carbocycles. The van der Waals surface area contributed by atoms with E-state index < -0.39 is 24.7 Å². The van der Waals surface area contributed by atoms with Crippen LogP contribution in [0.3, 0.4) is 0 Å². The minimum absolute atomic E-state index is 0.113. The van der Waals surface area contributed by atoms with Crippen LogP contribution in [0, 0.1) is 0 Å². The van der Waals surface area contributed by atoms with Crippen molar-refractivity contribution in [3.05, 3.63) is 16.9 Å². The van der Waals surface area contributed by atoms with Crippen LogP contribution in [0.2, 0.25) is 0 Å². The Hall–Kier alpha value is -1.13. The quantitative estimate of drug-likeness (QED) is 0.781. The Morgan fingerprint density at radius 1 is 1.45 bits per heavy atom. The number of aromatic nitrogens is 2. The average molecular weight is 384 g/mol. The van der Waals surface area contributed by atoms with Gasteiger partial charge in [0.2, 0.25) is 5.91 Å². The number of amides is 1. The Morgan fingerprint density at radius 3 is 2.68 bits per heavy atom. The monoisotopic (exact) mass is 383 g/mol. The molecule has 0 saturated carbocycles. The summed E-state index contributed by atoms with van der Waals surface area (Å²) in [5, 5.41) is 9.25. The predicted octanol–water partition coefficient (Wildman–Crippen LogP) is 0.598. The standard InChI is InChI=1S/C12H17BrF3N5O/c13-9-5-19-21(7-9)8-11(22)18-6-10(12(14,15)16)20-3-1-17-2-4-20/h5,7,10,17H,1-4,6,8H2,(H,18,22). The van der Waals surface area contributed by atoms with Crippen molar-refractivity contribution in [2.45, 2.75) is 18.8 Å². The van der Waals surface area contributed by atoms with Crippen molar-refractivity contribution < 1.29 is 18.0 Å². The van der Waals surface area contributed by atoms with Crippen LogP contribution >= 0.6 is 15.9 Å². The number of alkyl halides is 3. The molecule has 0 aromatic carbocycles. The lowest BCUT2D eigenvalue weighted by molar-refractivity contribution is -0.184. The topological polar surface area (TPSA) is 62.2 Å². The molecular weight excluding hydrogens is 367 g/mol. The maximum atomic E-state index is 13.1. The zero-order valence-electron chi connectivity index (χ0n) is 11.7. The van der Waals surface area contributed by atoms with E-state index in [1.165, 1.54) is 15.8 Å². The highest BCUT2D eigenvalue weighted by Gasteiger charge is 2.43. The first-order chi connectivity index (χ1) is 10.4. The molecule has 1 aliphatic rings. The Morgan fingerprint density at radius 2 is 2.14 bits per heavy atom. The fourth-order valence-electron chi connectivity index (χ4n) is 2.28. The molecule has 1 fully saturated rings. The lowest BCUT2D eigenvalue weighted by atomic mass is 10.2. The van der Waals surface area contributed by atoms with Crippen molar-refractivity contribution in [2.75, 3.05) is 32.7 Å². The second kappa shape index (κ2) is 7.42. The predicted molar refractivity (Wildman–Crippen MR) is 77.2 cm³/mol. The molecule has 6 nitrogen and oxygen atoms in total. The van der Waals surface area contributed by atoms with Gasteiger partial charge < -0.3 is 10.6 Å². The highest BCUT2D eigenvalue weighted by molar-refractivity contribution is 9.10. The van der Waals surface area contributed by atoms with Crippen LogP contribution in [-0.2, 0) is 11.3 Å². The van der Waals surface area contributed by atoms with E-state index in [0.717, 1.165) is 0 Å². The smallest absolute Gasteiger partial charge is 0.353 e. The van der Waals surface area contributed by atoms with Crippen LogP contribution in [0.5, 0.6) is 0 Å². The summed E-state index contributed by atoms with van der Waals surface area (Å²) < 4.78 is 41.5. The minimum atomic E-state index is -4.38. The van der Waals surface area contributed by atoms with Crippen molar-refractivity contribution in [3.8, 4) is 0 Å². The molecule has 1 unspecified atom stereocenters. The molecule has 10 heteroatoms. The molecular formula is C12H17BrF3N5O. The molecule has 22 heavy (non-hydrogen) atoms. The summed E-state index contributed by atoms with van der Waals surface area (Å²) in [6.07, 6.45) is -1.29. The molecule has 0 radical (unpaired) electrons. The van der Waals surface area contributed by atoms with E-state index in [-0.39, 0.29) is 6.54 Å². The zero-order valence-corrected chi connectivity index (χ0v) is 13.3. The Balaban J connectivity index is 1.88. The number of nitrogens with zero attached hydrogens (tertiary/aromatic N) is 3. The molecule has 1 atom stereocenters. The maximum absolute atomic E-state index is 13.1. The van der Waals surface area contributed by atoms with Crippen LogP contribution in [-0.4, -0.2) is 65.5 Å². The maximum Gasteiger partial charge on any atom is 0.405 e. The molecule has 124 valence electrons. The molecule has 1 aromatic heterocycles. The van der Waals surface area contributed by atoms with Crippen LogP contribution in [0.25, 0.3) is 0 Å². The molecule has 2 N–H and O–H groups in total. The molecule has 1 aliphatic heterocycles. The van der Waals surface area contributed by atoms with Gasteiger partial charge in [0.1, 0.15) is 12.6 Å². The normalized spacial score (nSPS) is 18.2. The van der Waals surface area contributed by atoms with Crippen molar-refractivity contribution in [1.29, 1.82) is 0 Å². The largest absolute Gasteiger partial charge is 0.405 e. The number of hydrogen-bond acceptors (Lipinski definition) is 4. The first kappa shape index (κ1) is 17.2. The first-order valence-electron chi connectivity index (χ1n) is 6.82. The Labute approximate surface area is 134 Å². The van der Waals surface area contributed by atoms with Gasteiger partial charge in [0.25, 0.3) is 0 Å². The molecule has 2 heterocycles. The van der Waals surface area contributed by atoms with Crippen molar-refractivity contribution in [2.24, 2.45) is 0 Å². The van der Waals surface area contributed by atoms with Gasteiger partial charge in [-0.2, -0.15) is 18.3 Å². The summed E-state index contributed by atoms with van der Waals surface area (Å²) in [5.41, 5.74) is 0.